The van der Waals surface area contributed by atoms with Gasteiger partial charge in [-0.25, -0.2) is 0 Å². The van der Waals surface area contributed by atoms with Crippen LogP contribution in [0.4, 0.5) is 17.1 Å². The number of aliphatic hydroxyl groups excluding tert-OH is 3. The lowest BCUT2D eigenvalue weighted by atomic mass is 9.88. The summed E-state index contributed by atoms with van der Waals surface area (Å²) in [5.41, 5.74) is 6.84. The molecule has 1 aliphatic rings. The predicted octanol–water partition coefficient (Wildman–Crippen LogP) is 15.1. The van der Waals surface area contributed by atoms with Crippen molar-refractivity contribution in [2.75, 3.05) is 35.8 Å². The number of nitrogens with one attached hydrogen (secondary N) is 6. The maximum atomic E-state index is 12.8. The van der Waals surface area contributed by atoms with E-state index in [0.717, 1.165) is 53.7 Å². The molecule has 0 spiro atoms. The number of rotatable bonds is 30. The minimum absolute atomic E-state index is 0.0157. The molecular weight excluding hydrogens is 1350 g/mol. The van der Waals surface area contributed by atoms with Crippen molar-refractivity contribution in [1.82, 2.24) is 20.9 Å². The number of carbonyl (C=O) groups is 6. The lowest BCUT2D eigenvalue weighted by molar-refractivity contribution is -0.121. The molecule has 7 aromatic rings. The molecule has 542 valence electrons. The van der Waals surface area contributed by atoms with Crippen LogP contribution >= 0.6 is 34.8 Å². The summed E-state index contributed by atoms with van der Waals surface area (Å²) >= 11 is 18.8. The van der Waals surface area contributed by atoms with E-state index in [9.17, 15) is 44.1 Å². The third kappa shape index (κ3) is 29.1. The largest absolute Gasteiger partial charge is 0.489 e. The van der Waals surface area contributed by atoms with Crippen LogP contribution in [0.2, 0.25) is 15.1 Å². The van der Waals surface area contributed by atoms with Crippen molar-refractivity contribution >= 4 is 87.3 Å². The highest BCUT2D eigenvalue weighted by Gasteiger charge is 2.24. The number of ether oxygens (including phenoxy) is 3. The molecule has 0 bridgehead atoms. The van der Waals surface area contributed by atoms with Gasteiger partial charge in [-0.15, -0.1) is 0 Å². The number of halogens is 3. The van der Waals surface area contributed by atoms with Gasteiger partial charge in [0.1, 0.15) is 17.2 Å². The number of hydrogen-bond acceptors (Lipinski definition) is 13. The average molecular weight is 1440 g/mol. The number of aliphatic hydroxyl groups is 3. The lowest BCUT2D eigenvalue weighted by Crippen LogP contribution is -2.37. The van der Waals surface area contributed by atoms with Crippen LogP contribution in [0.15, 0.2) is 152 Å². The van der Waals surface area contributed by atoms with Gasteiger partial charge in [-0.05, 0) is 218 Å². The summed E-state index contributed by atoms with van der Waals surface area (Å²) < 4.78 is 16.8. The zero-order valence-corrected chi connectivity index (χ0v) is 61.4. The van der Waals surface area contributed by atoms with Crippen LogP contribution in [0.1, 0.15) is 178 Å². The molecule has 1 aromatic heterocycles. The van der Waals surface area contributed by atoms with Crippen LogP contribution in [0.3, 0.4) is 0 Å². The minimum Gasteiger partial charge on any atom is -0.489 e. The molecule has 3 atom stereocenters. The second-order valence-electron chi connectivity index (χ2n) is 27.0. The fraction of sp³-hybridized carbons (Fsp3) is 0.405. The van der Waals surface area contributed by atoms with Gasteiger partial charge < -0.3 is 61.4 Å². The monoisotopic (exact) mass is 1440 g/mol. The van der Waals surface area contributed by atoms with E-state index in [4.69, 9.17) is 49.0 Å². The van der Waals surface area contributed by atoms with Gasteiger partial charge in [-0.2, -0.15) is 0 Å². The first-order chi connectivity index (χ1) is 48.2. The standard InChI is InChI=1S/C27H35ClN2O4.C26H28ClN3O4.C26H35ClN2O4/c1-18(2)34-25-13-10-21(17-24(25)28)27(33)30-23(14-15-31)16-19-8-11-22(12-9-19)29-26(32)20-6-4-3-5-7-20;1-17(2)34-24-8-5-20(16-23(24)27)26(33)30-22(11-14-31)15-18-3-6-21(7-4-18)29-25(32)19-9-12-28-13-10-19;1-17(2)33-23-11-8-19(15-22(23)27)25(32)29-21(12-13-30)14-18-6-9-20(10-7-18)28-24(31)16-26(3,4)5/h8-13,17-18,20,23,31H,3-7,14-16H2,1-2H3,(H,29,32)(H,30,33);3-10,12-13,16-17,22,31H,11,14-15H2,1-2H3,(H,29,32)(H,30,33);6-11,15,17,21,30H,12-14,16H2,1-5H3,(H,28,31)(H,29,32)/t23-;22-;21-/m111/s1. The molecule has 6 aromatic carbocycles. The SMILES string of the molecule is CC(C)Oc1ccc(C(=O)N[C@H](CCO)Cc2ccc(NC(=O)C3CCCCC3)cc2)cc1Cl.CC(C)Oc1ccc(C(=O)N[C@H](CCO)Cc2ccc(NC(=O)CC(C)(C)C)cc2)cc1Cl.CC(C)Oc1ccc(C(=O)N[C@H](CCO)Cc2ccc(NC(=O)c3ccncc3)cc2)cc1Cl. The van der Waals surface area contributed by atoms with Crippen LogP contribution < -0.4 is 46.1 Å². The number of nitrogens with zero attached hydrogens (tertiary/aromatic N) is 1. The topological polar surface area (TPSA) is 276 Å². The smallest absolute Gasteiger partial charge is 0.255 e. The van der Waals surface area contributed by atoms with Gasteiger partial charge in [0.05, 0.1) is 33.4 Å². The Bertz CT molecular complexity index is 3770. The van der Waals surface area contributed by atoms with Crippen molar-refractivity contribution in [2.24, 2.45) is 11.3 Å². The molecule has 101 heavy (non-hydrogen) atoms. The Morgan fingerprint density at radius 3 is 1.10 bits per heavy atom. The van der Waals surface area contributed by atoms with Crippen molar-refractivity contribution in [2.45, 2.75) is 176 Å². The molecule has 8 rings (SSSR count). The van der Waals surface area contributed by atoms with Gasteiger partial charge in [-0.3, -0.25) is 33.8 Å². The lowest BCUT2D eigenvalue weighted by Gasteiger charge is -2.21. The second-order valence-corrected chi connectivity index (χ2v) is 28.2. The first-order valence-electron chi connectivity index (χ1n) is 34.4. The summed E-state index contributed by atoms with van der Waals surface area (Å²) in [5, 5.41) is 47.2. The summed E-state index contributed by atoms with van der Waals surface area (Å²) in [6.07, 6.45) is 11.8. The number of hydrogen-bond donors (Lipinski definition) is 9. The van der Waals surface area contributed by atoms with Gasteiger partial charge in [0.25, 0.3) is 23.6 Å². The van der Waals surface area contributed by atoms with E-state index >= 15 is 0 Å². The highest BCUT2D eigenvalue weighted by atomic mass is 35.5. The summed E-state index contributed by atoms with van der Waals surface area (Å²) in [6.45, 7) is 17.3. The summed E-state index contributed by atoms with van der Waals surface area (Å²) in [4.78, 5) is 79.1. The number of pyridine rings is 1. The number of carbonyl (C=O) groups excluding carboxylic acids is 6. The summed E-state index contributed by atoms with van der Waals surface area (Å²) in [7, 11) is 0. The Morgan fingerprint density at radius 1 is 0.446 bits per heavy atom. The minimum atomic E-state index is -0.280. The van der Waals surface area contributed by atoms with E-state index < -0.39 is 0 Å². The quantitative estimate of drug-likeness (QED) is 0.0203. The predicted molar refractivity (Wildman–Crippen MR) is 401 cm³/mol. The molecule has 1 aliphatic carbocycles. The Morgan fingerprint density at radius 2 is 0.782 bits per heavy atom. The summed E-state index contributed by atoms with van der Waals surface area (Å²) in [6, 6.07) is 39.9. The Hall–Kier alpha value is -8.56. The molecule has 22 heteroatoms. The highest BCUT2D eigenvalue weighted by Crippen LogP contribution is 2.31. The zero-order chi connectivity index (χ0) is 73.6. The number of anilines is 3. The Kier molecular flexibility index (Phi) is 33.4. The second kappa shape index (κ2) is 41.4. The van der Waals surface area contributed by atoms with E-state index in [-0.39, 0.29) is 103 Å². The maximum absolute atomic E-state index is 12.8. The van der Waals surface area contributed by atoms with Gasteiger partial charge in [0, 0.05) is 102 Å². The van der Waals surface area contributed by atoms with Gasteiger partial charge in [-0.1, -0.05) is 111 Å². The van der Waals surface area contributed by atoms with Crippen LogP contribution in [0, 0.1) is 11.3 Å². The van der Waals surface area contributed by atoms with Gasteiger partial charge in [0.15, 0.2) is 0 Å². The average Bonchev–Trinajstić information content (AvgIpc) is 0.863. The van der Waals surface area contributed by atoms with E-state index in [0.29, 0.717) is 105 Å². The fourth-order valence-corrected chi connectivity index (χ4v) is 11.6. The summed E-state index contributed by atoms with van der Waals surface area (Å²) in [5.74, 6) is 0.756. The Balaban J connectivity index is 0.000000238. The first kappa shape index (κ1) is 81.4. The van der Waals surface area contributed by atoms with Crippen molar-refractivity contribution in [3.63, 3.8) is 0 Å². The molecule has 0 radical (unpaired) electrons. The number of aromatic nitrogens is 1. The maximum Gasteiger partial charge on any atom is 0.255 e. The van der Waals surface area contributed by atoms with Gasteiger partial charge in [0.2, 0.25) is 11.8 Å². The van der Waals surface area contributed by atoms with Crippen molar-refractivity contribution in [3.05, 3.63) is 206 Å². The Labute approximate surface area is 609 Å². The molecular formula is C79H98Cl3N7O12. The third-order valence-corrected chi connectivity index (χ3v) is 16.7. The molecule has 9 N–H and O–H groups in total. The highest BCUT2D eigenvalue weighted by molar-refractivity contribution is 6.33. The van der Waals surface area contributed by atoms with Crippen LogP contribution in [-0.4, -0.2) is 112 Å². The fourth-order valence-electron chi connectivity index (χ4n) is 11.0. The number of benzene rings is 6. The van der Waals surface area contributed by atoms with Crippen molar-refractivity contribution < 1.29 is 58.3 Å². The van der Waals surface area contributed by atoms with Crippen LogP contribution in [0.5, 0.6) is 17.2 Å². The van der Waals surface area contributed by atoms with E-state index in [1.54, 1.807) is 91.3 Å². The molecule has 0 unspecified atom stereocenters. The van der Waals surface area contributed by atoms with Crippen molar-refractivity contribution in [3.8, 4) is 17.2 Å². The zero-order valence-electron chi connectivity index (χ0n) is 59.2. The van der Waals surface area contributed by atoms with Crippen molar-refractivity contribution in [1.29, 1.82) is 0 Å². The molecule has 19 nitrogen and oxygen atoms in total. The molecule has 1 heterocycles. The van der Waals surface area contributed by atoms with E-state index in [1.165, 1.54) is 6.42 Å². The van der Waals surface area contributed by atoms with Crippen LogP contribution in [-0.2, 0) is 28.9 Å². The third-order valence-electron chi connectivity index (χ3n) is 15.8. The molecule has 1 fully saturated rings. The molecule has 0 aliphatic heterocycles. The molecule has 0 saturated heterocycles. The van der Waals surface area contributed by atoms with E-state index in [1.807, 2.05) is 123 Å². The number of amides is 6. The molecule has 1 saturated carbocycles. The van der Waals surface area contributed by atoms with Gasteiger partial charge >= 0.3 is 0 Å². The van der Waals surface area contributed by atoms with Crippen LogP contribution in [0.25, 0.3) is 0 Å². The first-order valence-corrected chi connectivity index (χ1v) is 35.5. The van der Waals surface area contributed by atoms with E-state index in [2.05, 4.69) is 36.9 Å². The molecule has 6 amide bonds. The normalized spacial score (nSPS) is 13.0.